The molecule has 2 nitrogen and oxygen atoms in total. The highest BCUT2D eigenvalue weighted by molar-refractivity contribution is 14.1. The molecule has 1 heterocycles. The van der Waals surface area contributed by atoms with Gasteiger partial charge in [0.05, 0.1) is 5.60 Å². The van der Waals surface area contributed by atoms with E-state index in [1.54, 1.807) is 0 Å². The quantitative estimate of drug-likeness (QED) is 0.595. The summed E-state index contributed by atoms with van der Waals surface area (Å²) in [7, 11) is 0. The van der Waals surface area contributed by atoms with Crippen molar-refractivity contribution in [2.75, 3.05) is 6.61 Å². The van der Waals surface area contributed by atoms with Crippen molar-refractivity contribution in [1.82, 2.24) is 0 Å². The number of halogens is 1. The Balaban J connectivity index is 1.76. The van der Waals surface area contributed by atoms with Crippen molar-refractivity contribution in [3.8, 4) is 0 Å². The fourth-order valence-corrected chi connectivity index (χ4v) is 3.59. The molecule has 1 atom stereocenters. The van der Waals surface area contributed by atoms with Crippen molar-refractivity contribution in [2.45, 2.75) is 37.7 Å². The van der Waals surface area contributed by atoms with E-state index >= 15 is 0 Å². The third-order valence-corrected chi connectivity index (χ3v) is 4.91. The van der Waals surface area contributed by atoms with Gasteiger partial charge in [-0.25, -0.2) is 0 Å². The molecule has 1 aromatic carbocycles. The van der Waals surface area contributed by atoms with Crippen molar-refractivity contribution in [1.29, 1.82) is 0 Å². The van der Waals surface area contributed by atoms with Crippen LogP contribution in [0.2, 0.25) is 0 Å². The SMILES string of the molecule is O=C(c1cccc(I)c1)C1CCOC2(CCC2)C1. The Morgan fingerprint density at radius 3 is 2.89 bits per heavy atom. The molecule has 1 aliphatic heterocycles. The molecule has 1 saturated carbocycles. The molecule has 0 amide bonds. The maximum absolute atomic E-state index is 12.5. The molecule has 1 spiro atoms. The van der Waals surface area contributed by atoms with Crippen LogP contribution in [0.5, 0.6) is 0 Å². The Hall–Kier alpha value is -0.420. The van der Waals surface area contributed by atoms with Gasteiger partial charge in [-0.3, -0.25) is 4.79 Å². The van der Waals surface area contributed by atoms with Crippen molar-refractivity contribution >= 4 is 28.4 Å². The maximum Gasteiger partial charge on any atom is 0.166 e. The summed E-state index contributed by atoms with van der Waals surface area (Å²) in [5.74, 6) is 0.473. The number of ether oxygens (including phenoxy) is 1. The number of carbonyl (C=O) groups is 1. The van der Waals surface area contributed by atoms with Crippen LogP contribution in [0.3, 0.4) is 0 Å². The highest BCUT2D eigenvalue weighted by Gasteiger charge is 2.44. The van der Waals surface area contributed by atoms with E-state index in [-0.39, 0.29) is 11.5 Å². The number of carbonyl (C=O) groups excluding carboxylic acids is 1. The fraction of sp³-hybridized carbons (Fsp3) is 0.533. The zero-order chi connectivity index (χ0) is 12.6. The van der Waals surface area contributed by atoms with E-state index in [0.717, 1.165) is 41.4 Å². The summed E-state index contributed by atoms with van der Waals surface area (Å²) in [6.07, 6.45) is 5.35. The highest BCUT2D eigenvalue weighted by Crippen LogP contribution is 2.44. The van der Waals surface area contributed by atoms with Gasteiger partial charge in [0.2, 0.25) is 0 Å². The first-order valence-electron chi connectivity index (χ1n) is 6.62. The van der Waals surface area contributed by atoms with E-state index < -0.39 is 0 Å². The lowest BCUT2D eigenvalue weighted by atomic mass is 9.70. The average Bonchev–Trinajstić information content (AvgIpc) is 2.36. The van der Waals surface area contributed by atoms with Crippen molar-refractivity contribution in [3.63, 3.8) is 0 Å². The molecule has 0 bridgehead atoms. The number of ketones is 1. The van der Waals surface area contributed by atoms with E-state index in [9.17, 15) is 4.79 Å². The van der Waals surface area contributed by atoms with Crippen LogP contribution in [0.25, 0.3) is 0 Å². The Labute approximate surface area is 121 Å². The minimum atomic E-state index is 0.0561. The lowest BCUT2D eigenvalue weighted by Gasteiger charge is -2.46. The predicted molar refractivity (Wildman–Crippen MR) is 78.7 cm³/mol. The van der Waals surface area contributed by atoms with Gasteiger partial charge in [0.25, 0.3) is 0 Å². The Morgan fingerprint density at radius 2 is 2.22 bits per heavy atom. The first kappa shape index (κ1) is 12.6. The molecular weight excluding hydrogens is 339 g/mol. The molecule has 2 fully saturated rings. The van der Waals surface area contributed by atoms with Gasteiger partial charge < -0.3 is 4.74 Å². The highest BCUT2D eigenvalue weighted by atomic mass is 127. The van der Waals surface area contributed by atoms with Crippen LogP contribution in [-0.4, -0.2) is 18.0 Å². The van der Waals surface area contributed by atoms with Crippen LogP contribution in [-0.2, 0) is 4.74 Å². The number of rotatable bonds is 2. The number of hydrogen-bond donors (Lipinski definition) is 0. The summed E-state index contributed by atoms with van der Waals surface area (Å²) < 4.78 is 7.02. The zero-order valence-corrected chi connectivity index (χ0v) is 12.5. The summed E-state index contributed by atoms with van der Waals surface area (Å²) in [5, 5.41) is 0. The second-order valence-electron chi connectivity index (χ2n) is 5.45. The minimum absolute atomic E-state index is 0.0561. The molecule has 1 aromatic rings. The van der Waals surface area contributed by atoms with Gasteiger partial charge in [0, 0.05) is 21.7 Å². The monoisotopic (exact) mass is 356 g/mol. The Bertz CT molecular complexity index is 465. The van der Waals surface area contributed by atoms with E-state index in [1.807, 2.05) is 24.3 Å². The molecule has 18 heavy (non-hydrogen) atoms. The van der Waals surface area contributed by atoms with Gasteiger partial charge in [-0.2, -0.15) is 0 Å². The Morgan fingerprint density at radius 1 is 1.39 bits per heavy atom. The lowest BCUT2D eigenvalue weighted by molar-refractivity contribution is -0.137. The molecule has 1 aliphatic carbocycles. The molecule has 0 N–H and O–H groups in total. The fourth-order valence-electron chi connectivity index (χ4n) is 3.05. The summed E-state index contributed by atoms with van der Waals surface area (Å²) >= 11 is 2.26. The molecule has 1 unspecified atom stereocenters. The molecule has 3 heteroatoms. The van der Waals surface area contributed by atoms with E-state index in [4.69, 9.17) is 4.74 Å². The van der Waals surface area contributed by atoms with E-state index in [1.165, 1.54) is 6.42 Å². The van der Waals surface area contributed by atoms with Crippen molar-refractivity contribution in [3.05, 3.63) is 33.4 Å². The summed E-state index contributed by atoms with van der Waals surface area (Å²) in [6.45, 7) is 0.750. The van der Waals surface area contributed by atoms with Crippen LogP contribution < -0.4 is 0 Å². The minimum Gasteiger partial charge on any atom is -0.375 e. The molecule has 1 saturated heterocycles. The molecule has 0 aromatic heterocycles. The molecule has 0 radical (unpaired) electrons. The van der Waals surface area contributed by atoms with Gasteiger partial charge in [0.15, 0.2) is 5.78 Å². The normalized spacial score (nSPS) is 25.7. The topological polar surface area (TPSA) is 26.3 Å². The second kappa shape index (κ2) is 4.93. The number of hydrogen-bond acceptors (Lipinski definition) is 2. The van der Waals surface area contributed by atoms with E-state index in [2.05, 4.69) is 22.6 Å². The standard InChI is InChI=1S/C15H17IO2/c16-13-4-1-3-11(9-13)14(17)12-5-8-18-15(10-12)6-2-7-15/h1,3-4,9,12H,2,5-8,10H2. The molecule has 2 aliphatic rings. The van der Waals surface area contributed by atoms with Gasteiger partial charge >= 0.3 is 0 Å². The summed E-state index contributed by atoms with van der Waals surface area (Å²) in [5.41, 5.74) is 0.920. The third kappa shape index (κ3) is 2.35. The first-order valence-corrected chi connectivity index (χ1v) is 7.70. The van der Waals surface area contributed by atoms with Gasteiger partial charge in [-0.1, -0.05) is 12.1 Å². The summed E-state index contributed by atoms with van der Waals surface area (Å²) in [4.78, 5) is 12.5. The second-order valence-corrected chi connectivity index (χ2v) is 6.69. The van der Waals surface area contributed by atoms with Crippen LogP contribution in [0.4, 0.5) is 0 Å². The number of benzene rings is 1. The van der Waals surface area contributed by atoms with Gasteiger partial charge in [0.1, 0.15) is 0 Å². The van der Waals surface area contributed by atoms with E-state index in [0.29, 0.717) is 5.78 Å². The van der Waals surface area contributed by atoms with Crippen molar-refractivity contribution < 1.29 is 9.53 Å². The predicted octanol–water partition coefficient (Wildman–Crippen LogP) is 3.82. The largest absolute Gasteiger partial charge is 0.375 e. The first-order chi connectivity index (χ1) is 8.69. The maximum atomic E-state index is 12.5. The molecular formula is C15H17IO2. The molecule has 96 valence electrons. The lowest BCUT2D eigenvalue weighted by Crippen LogP contribution is -2.47. The summed E-state index contributed by atoms with van der Waals surface area (Å²) in [6, 6.07) is 7.92. The average molecular weight is 356 g/mol. The zero-order valence-electron chi connectivity index (χ0n) is 10.3. The molecule has 3 rings (SSSR count). The number of Topliss-reactive ketones (excluding diaryl/α,β-unsaturated/α-hetero) is 1. The van der Waals surface area contributed by atoms with Crippen molar-refractivity contribution in [2.24, 2.45) is 5.92 Å². The van der Waals surface area contributed by atoms with Gasteiger partial charge in [-0.15, -0.1) is 0 Å². The van der Waals surface area contributed by atoms with Gasteiger partial charge in [-0.05, 0) is 66.8 Å². The smallest absolute Gasteiger partial charge is 0.166 e. The Kier molecular flexibility index (Phi) is 3.45. The van der Waals surface area contributed by atoms with Crippen LogP contribution in [0.1, 0.15) is 42.5 Å². The van der Waals surface area contributed by atoms with Crippen LogP contribution >= 0.6 is 22.6 Å². The van der Waals surface area contributed by atoms with Crippen LogP contribution in [0.15, 0.2) is 24.3 Å². The van der Waals surface area contributed by atoms with Crippen LogP contribution in [0, 0.1) is 9.49 Å². The third-order valence-electron chi connectivity index (χ3n) is 4.24.